The second-order valence-corrected chi connectivity index (χ2v) is 4.63. The summed E-state index contributed by atoms with van der Waals surface area (Å²) in [6, 6.07) is 3.80. The Morgan fingerprint density at radius 2 is 2.24 bits per heavy atom. The van der Waals surface area contributed by atoms with E-state index < -0.39 is 0 Å². The summed E-state index contributed by atoms with van der Waals surface area (Å²) in [4.78, 5) is 15.9. The highest BCUT2D eigenvalue weighted by atomic mass is 16.1. The topological polar surface area (TPSA) is 46.4 Å². The molecular formula is C13H17N3O. The number of nitrogens with zero attached hydrogens (tertiary/aromatic N) is 2. The summed E-state index contributed by atoms with van der Waals surface area (Å²) in [6.45, 7) is 6.04. The Balaban J connectivity index is 2.24. The Bertz CT molecular complexity index is 543. The summed E-state index contributed by atoms with van der Waals surface area (Å²) in [6.07, 6.45) is 4.19. The zero-order valence-corrected chi connectivity index (χ0v) is 10.4. The molecule has 17 heavy (non-hydrogen) atoms. The van der Waals surface area contributed by atoms with Crippen LogP contribution in [-0.4, -0.2) is 15.3 Å². The van der Waals surface area contributed by atoms with Gasteiger partial charge in [0.15, 0.2) is 0 Å². The molecule has 1 N–H and O–H groups in total. The van der Waals surface area contributed by atoms with Gasteiger partial charge in [-0.3, -0.25) is 4.79 Å². The largest absolute Gasteiger partial charge is 0.325 e. The molecule has 0 bridgehead atoms. The van der Waals surface area contributed by atoms with Crippen molar-refractivity contribution in [3.8, 4) is 0 Å². The third kappa shape index (κ3) is 2.46. The quantitative estimate of drug-likeness (QED) is 0.882. The molecule has 0 spiro atoms. The first-order chi connectivity index (χ1) is 8.08. The fourth-order valence-electron chi connectivity index (χ4n) is 1.83. The maximum atomic E-state index is 11.7. The predicted octanol–water partition coefficient (Wildman–Crippen LogP) is 2.63. The summed E-state index contributed by atoms with van der Waals surface area (Å²) in [5.74, 6) is 0.426. The highest BCUT2D eigenvalue weighted by molar-refractivity contribution is 5.91. The van der Waals surface area contributed by atoms with Crippen molar-refractivity contribution >= 4 is 17.2 Å². The number of pyridine rings is 1. The van der Waals surface area contributed by atoms with E-state index >= 15 is 0 Å². The van der Waals surface area contributed by atoms with Gasteiger partial charge in [0.25, 0.3) is 0 Å². The number of carbonyl (C=O) groups excluding carboxylic acids is 1. The molecule has 2 rings (SSSR count). The minimum atomic E-state index is 0.0579. The molecule has 0 saturated carbocycles. The molecule has 90 valence electrons. The number of hydrogen-bond donors (Lipinski definition) is 1. The fraction of sp³-hybridized carbons (Fsp3) is 0.385. The number of carbonyl (C=O) groups is 1. The van der Waals surface area contributed by atoms with Gasteiger partial charge in [-0.05, 0) is 25.0 Å². The Morgan fingerprint density at radius 1 is 1.47 bits per heavy atom. The number of amides is 1. The summed E-state index contributed by atoms with van der Waals surface area (Å²) < 4.78 is 1.96. The fourth-order valence-corrected chi connectivity index (χ4v) is 1.83. The Labute approximate surface area is 101 Å². The molecule has 0 saturated heterocycles. The van der Waals surface area contributed by atoms with E-state index in [-0.39, 0.29) is 5.91 Å². The Morgan fingerprint density at radius 3 is 2.94 bits per heavy atom. The summed E-state index contributed by atoms with van der Waals surface area (Å²) in [5.41, 5.74) is 2.74. The van der Waals surface area contributed by atoms with Crippen LogP contribution in [0.5, 0.6) is 0 Å². The van der Waals surface area contributed by atoms with Crippen LogP contribution in [-0.2, 0) is 4.79 Å². The highest BCUT2D eigenvalue weighted by Crippen LogP contribution is 2.17. The molecule has 2 aromatic rings. The highest BCUT2D eigenvalue weighted by Gasteiger charge is 2.08. The van der Waals surface area contributed by atoms with Crippen LogP contribution in [0, 0.1) is 12.8 Å². The van der Waals surface area contributed by atoms with Gasteiger partial charge in [0.1, 0.15) is 5.65 Å². The number of aromatic nitrogens is 2. The molecule has 0 aliphatic rings. The van der Waals surface area contributed by atoms with Crippen molar-refractivity contribution in [2.45, 2.75) is 27.2 Å². The zero-order valence-electron chi connectivity index (χ0n) is 10.4. The van der Waals surface area contributed by atoms with Gasteiger partial charge in [-0.15, -0.1) is 0 Å². The van der Waals surface area contributed by atoms with Gasteiger partial charge in [0, 0.05) is 24.5 Å². The third-order valence-electron chi connectivity index (χ3n) is 2.69. The summed E-state index contributed by atoms with van der Waals surface area (Å²) in [5, 5.41) is 2.94. The average Bonchev–Trinajstić information content (AvgIpc) is 2.69. The first-order valence-corrected chi connectivity index (χ1v) is 5.80. The van der Waals surface area contributed by atoms with E-state index in [2.05, 4.69) is 10.3 Å². The van der Waals surface area contributed by atoms with E-state index in [4.69, 9.17) is 0 Å². The van der Waals surface area contributed by atoms with Crippen LogP contribution < -0.4 is 5.32 Å². The molecule has 1 amide bonds. The van der Waals surface area contributed by atoms with E-state index in [1.54, 1.807) is 6.20 Å². The van der Waals surface area contributed by atoms with E-state index in [1.165, 1.54) is 0 Å². The molecule has 0 aliphatic carbocycles. The second-order valence-electron chi connectivity index (χ2n) is 4.63. The molecule has 0 radical (unpaired) electrons. The smallest absolute Gasteiger partial charge is 0.224 e. The molecule has 4 heteroatoms. The molecule has 0 aromatic carbocycles. The van der Waals surface area contributed by atoms with Crippen molar-refractivity contribution in [3.63, 3.8) is 0 Å². The van der Waals surface area contributed by atoms with Gasteiger partial charge in [0.2, 0.25) is 5.91 Å². The van der Waals surface area contributed by atoms with Crippen LogP contribution in [0.3, 0.4) is 0 Å². The zero-order chi connectivity index (χ0) is 12.4. The monoisotopic (exact) mass is 231 g/mol. The second kappa shape index (κ2) is 4.57. The number of imidazole rings is 1. The van der Waals surface area contributed by atoms with Crippen molar-refractivity contribution < 1.29 is 4.79 Å². The van der Waals surface area contributed by atoms with Crippen LogP contribution in [0.4, 0.5) is 5.69 Å². The van der Waals surface area contributed by atoms with Crippen LogP contribution in [0.15, 0.2) is 24.5 Å². The standard InChI is InChI=1S/C13H17N3O/c1-9(2)8-13(17)15-11-4-5-12-14-6-7-16(12)10(11)3/h4-7,9H,8H2,1-3H3,(H,15,17). The molecule has 2 aromatic heterocycles. The van der Waals surface area contributed by atoms with E-state index in [9.17, 15) is 4.79 Å². The molecule has 0 fully saturated rings. The van der Waals surface area contributed by atoms with Crippen molar-refractivity contribution in [3.05, 3.63) is 30.2 Å². The first-order valence-electron chi connectivity index (χ1n) is 5.80. The maximum absolute atomic E-state index is 11.7. The molecule has 2 heterocycles. The van der Waals surface area contributed by atoms with Crippen LogP contribution in [0.25, 0.3) is 5.65 Å². The van der Waals surface area contributed by atoms with E-state index in [1.807, 2.05) is 43.5 Å². The van der Waals surface area contributed by atoms with Gasteiger partial charge in [-0.25, -0.2) is 4.98 Å². The van der Waals surface area contributed by atoms with E-state index in [0.717, 1.165) is 17.0 Å². The van der Waals surface area contributed by atoms with Crippen molar-refractivity contribution in [1.82, 2.24) is 9.38 Å². The number of rotatable bonds is 3. The molecular weight excluding hydrogens is 214 g/mol. The van der Waals surface area contributed by atoms with Crippen molar-refractivity contribution in [2.75, 3.05) is 5.32 Å². The molecule has 0 aliphatic heterocycles. The van der Waals surface area contributed by atoms with Crippen molar-refractivity contribution in [1.29, 1.82) is 0 Å². The lowest BCUT2D eigenvalue weighted by atomic mass is 10.1. The number of nitrogens with one attached hydrogen (secondary N) is 1. The van der Waals surface area contributed by atoms with Gasteiger partial charge in [-0.2, -0.15) is 0 Å². The number of anilines is 1. The summed E-state index contributed by atoms with van der Waals surface area (Å²) in [7, 11) is 0. The summed E-state index contributed by atoms with van der Waals surface area (Å²) >= 11 is 0. The maximum Gasteiger partial charge on any atom is 0.224 e. The lowest BCUT2D eigenvalue weighted by Gasteiger charge is -2.11. The van der Waals surface area contributed by atoms with Gasteiger partial charge < -0.3 is 9.72 Å². The lowest BCUT2D eigenvalue weighted by Crippen LogP contribution is -2.15. The van der Waals surface area contributed by atoms with Gasteiger partial charge in [0.05, 0.1) is 5.69 Å². The molecule has 0 atom stereocenters. The van der Waals surface area contributed by atoms with Crippen LogP contribution in [0.1, 0.15) is 26.0 Å². The third-order valence-corrected chi connectivity index (χ3v) is 2.69. The Hall–Kier alpha value is -1.84. The first kappa shape index (κ1) is 11.6. The minimum absolute atomic E-state index is 0.0579. The van der Waals surface area contributed by atoms with E-state index in [0.29, 0.717) is 12.3 Å². The Kier molecular flexibility index (Phi) is 3.13. The number of aryl methyl sites for hydroxylation is 1. The molecule has 0 unspecified atom stereocenters. The van der Waals surface area contributed by atoms with Crippen LogP contribution in [0.2, 0.25) is 0 Å². The van der Waals surface area contributed by atoms with Crippen LogP contribution >= 0.6 is 0 Å². The normalized spacial score (nSPS) is 11.1. The molecule has 4 nitrogen and oxygen atoms in total. The minimum Gasteiger partial charge on any atom is -0.325 e. The SMILES string of the molecule is Cc1c(NC(=O)CC(C)C)ccc2nccn12. The van der Waals surface area contributed by atoms with Gasteiger partial charge in [-0.1, -0.05) is 13.8 Å². The van der Waals surface area contributed by atoms with Gasteiger partial charge >= 0.3 is 0 Å². The predicted molar refractivity (Wildman–Crippen MR) is 68.0 cm³/mol. The van der Waals surface area contributed by atoms with Crippen molar-refractivity contribution in [2.24, 2.45) is 5.92 Å². The average molecular weight is 231 g/mol. The lowest BCUT2D eigenvalue weighted by molar-refractivity contribution is -0.116. The number of fused-ring (bicyclic) bond motifs is 1. The number of hydrogen-bond acceptors (Lipinski definition) is 2.